The summed E-state index contributed by atoms with van der Waals surface area (Å²) in [6.45, 7) is 1.48. The van der Waals surface area contributed by atoms with Crippen LogP contribution in [-0.4, -0.2) is 39.4 Å². The highest BCUT2D eigenvalue weighted by atomic mass is 32.2. The van der Waals surface area contributed by atoms with Gasteiger partial charge in [-0.25, -0.2) is 22.7 Å². The van der Waals surface area contributed by atoms with Gasteiger partial charge in [0.05, 0.1) is 22.3 Å². The summed E-state index contributed by atoms with van der Waals surface area (Å²) in [5.41, 5.74) is -1.57. The van der Waals surface area contributed by atoms with Crippen LogP contribution in [0, 0.1) is 0 Å². The molecule has 13 heteroatoms. The van der Waals surface area contributed by atoms with E-state index in [2.05, 4.69) is 9.88 Å². The van der Waals surface area contributed by atoms with Crippen molar-refractivity contribution in [1.29, 1.82) is 0 Å². The monoisotopic (exact) mass is 449 g/mol. The van der Waals surface area contributed by atoms with E-state index in [0.29, 0.717) is 0 Å². The van der Waals surface area contributed by atoms with Crippen molar-refractivity contribution in [2.75, 3.05) is 5.32 Å². The van der Waals surface area contributed by atoms with Crippen molar-refractivity contribution in [1.82, 2.24) is 19.0 Å². The van der Waals surface area contributed by atoms with E-state index in [1.807, 2.05) is 5.32 Å². The first-order valence-corrected chi connectivity index (χ1v) is 10.7. The fraction of sp³-hybridized carbons (Fsp3) is 0.333. The Labute approximate surface area is 175 Å². The van der Waals surface area contributed by atoms with Crippen molar-refractivity contribution >= 4 is 32.8 Å². The number of rotatable bonds is 6. The van der Waals surface area contributed by atoms with Gasteiger partial charge in [0.25, 0.3) is 5.56 Å². The number of hydrogen-bond donors (Lipinski definition) is 3. The third-order valence-electron chi connectivity index (χ3n) is 5.12. The Morgan fingerprint density at radius 3 is 2.65 bits per heavy atom. The number of nitrogens with zero attached hydrogens (tertiary/aromatic N) is 3. The molecule has 1 aliphatic rings. The van der Waals surface area contributed by atoms with E-state index in [1.54, 1.807) is 6.92 Å². The number of carboxylic acid groups (broad SMARTS) is 1. The maximum Gasteiger partial charge on any atom is 0.410 e. The minimum Gasteiger partial charge on any atom is -0.465 e. The number of aryl methyl sites for hydroxylation is 1. The second kappa shape index (κ2) is 7.06. The van der Waals surface area contributed by atoms with Gasteiger partial charge >= 0.3 is 11.8 Å². The number of anilines is 1. The van der Waals surface area contributed by atoms with Crippen LogP contribution in [0.1, 0.15) is 25.5 Å². The van der Waals surface area contributed by atoms with Crippen LogP contribution in [0.25, 0.3) is 10.9 Å². The molecule has 2 heterocycles. The van der Waals surface area contributed by atoms with Crippen molar-refractivity contribution in [3.63, 3.8) is 0 Å². The fourth-order valence-electron chi connectivity index (χ4n) is 3.19. The third kappa shape index (κ3) is 3.96. The number of amides is 1. The van der Waals surface area contributed by atoms with E-state index in [9.17, 15) is 22.8 Å². The second-order valence-corrected chi connectivity index (χ2v) is 9.37. The lowest BCUT2D eigenvalue weighted by atomic mass is 10.2. The average Bonchev–Trinajstić information content (AvgIpc) is 3.24. The van der Waals surface area contributed by atoms with Crippen LogP contribution in [0.3, 0.4) is 0 Å². The van der Waals surface area contributed by atoms with Crippen molar-refractivity contribution in [2.24, 2.45) is 7.05 Å². The number of carbonyl (C=O) groups is 1. The highest BCUT2D eigenvalue weighted by Crippen LogP contribution is 2.36. The zero-order valence-corrected chi connectivity index (χ0v) is 17.4. The van der Waals surface area contributed by atoms with Crippen LogP contribution in [0.15, 0.2) is 43.3 Å². The van der Waals surface area contributed by atoms with Gasteiger partial charge in [-0.1, -0.05) is 5.16 Å². The molecular weight excluding hydrogens is 430 g/mol. The van der Waals surface area contributed by atoms with Crippen LogP contribution in [0.4, 0.5) is 10.6 Å². The molecule has 0 saturated heterocycles. The molecule has 0 radical (unpaired) electrons. The van der Waals surface area contributed by atoms with Gasteiger partial charge in [-0.15, -0.1) is 0 Å². The third-order valence-corrected chi connectivity index (χ3v) is 6.76. The molecule has 0 spiro atoms. The molecule has 4 rings (SSSR count). The first kappa shape index (κ1) is 20.8. The number of sulfonamides is 1. The van der Waals surface area contributed by atoms with E-state index < -0.39 is 32.9 Å². The summed E-state index contributed by atoms with van der Waals surface area (Å²) in [5, 5.41) is 14.3. The van der Waals surface area contributed by atoms with Gasteiger partial charge < -0.3 is 9.63 Å². The van der Waals surface area contributed by atoms with Crippen LogP contribution in [0.2, 0.25) is 0 Å². The molecule has 0 aliphatic heterocycles. The smallest absolute Gasteiger partial charge is 0.410 e. The molecular formula is C18H19N5O7S. The molecule has 12 nitrogen and oxygen atoms in total. The molecule has 1 aliphatic carbocycles. The summed E-state index contributed by atoms with van der Waals surface area (Å²) >= 11 is 0. The first-order chi connectivity index (χ1) is 14.5. The molecule has 1 saturated carbocycles. The maximum absolute atomic E-state index is 13.0. The molecule has 31 heavy (non-hydrogen) atoms. The largest absolute Gasteiger partial charge is 0.465 e. The van der Waals surface area contributed by atoms with Crippen LogP contribution < -0.4 is 21.3 Å². The lowest BCUT2D eigenvalue weighted by molar-refractivity contribution is 0.209. The van der Waals surface area contributed by atoms with Crippen LogP contribution in [0.5, 0.6) is 0 Å². The number of fused-ring (bicyclic) bond motifs is 1. The van der Waals surface area contributed by atoms with Gasteiger partial charge in [0.15, 0.2) is 11.6 Å². The van der Waals surface area contributed by atoms with Crippen LogP contribution in [-0.2, 0) is 23.6 Å². The average molecular weight is 449 g/mol. The summed E-state index contributed by atoms with van der Waals surface area (Å²) in [6.07, 6.45) is 0.120. The molecule has 0 unspecified atom stereocenters. The lowest BCUT2D eigenvalue weighted by Crippen LogP contribution is -2.39. The summed E-state index contributed by atoms with van der Waals surface area (Å²) < 4.78 is 35.1. The van der Waals surface area contributed by atoms with Gasteiger partial charge in [0.1, 0.15) is 0 Å². The van der Waals surface area contributed by atoms with E-state index in [0.717, 1.165) is 17.4 Å². The van der Waals surface area contributed by atoms with Gasteiger partial charge in [-0.3, -0.25) is 19.2 Å². The van der Waals surface area contributed by atoms with Crippen molar-refractivity contribution in [2.45, 2.75) is 36.7 Å². The predicted octanol–water partition coefficient (Wildman–Crippen LogP) is 0.657. The highest BCUT2D eigenvalue weighted by molar-refractivity contribution is 7.89. The Morgan fingerprint density at radius 2 is 2.00 bits per heavy atom. The van der Waals surface area contributed by atoms with Crippen molar-refractivity contribution < 1.29 is 22.8 Å². The Bertz CT molecular complexity index is 1430. The van der Waals surface area contributed by atoms with Crippen molar-refractivity contribution in [3.05, 3.63) is 50.9 Å². The van der Waals surface area contributed by atoms with Gasteiger partial charge in [0.2, 0.25) is 10.0 Å². The molecule has 0 atom stereocenters. The zero-order chi connectivity index (χ0) is 22.6. The highest BCUT2D eigenvalue weighted by Gasteiger charge is 2.41. The number of benzene rings is 1. The molecule has 164 valence electrons. The van der Waals surface area contributed by atoms with E-state index >= 15 is 0 Å². The standard InChI is InChI=1S/C18H19N5O7S/c1-18(5-6-18)21-31(28,29)11-3-4-13-12(8-11)15(24)23(17(27)22(13)2)9-10-7-14(20-30-10)19-16(25)26/h3-4,7-8,21H,5-6,9H2,1-2H3,(H,19,20)(H,25,26). The van der Waals surface area contributed by atoms with Crippen LogP contribution >= 0.6 is 0 Å². The Balaban J connectivity index is 1.78. The lowest BCUT2D eigenvalue weighted by Gasteiger charge is -2.14. The molecule has 2 aromatic heterocycles. The number of aromatic nitrogens is 3. The molecule has 3 aromatic rings. The SMILES string of the molecule is Cn1c(=O)n(Cc2cc(NC(=O)O)no2)c(=O)c2cc(S(=O)(=O)NC3(C)CC3)ccc21. The number of nitrogens with one attached hydrogen (secondary N) is 2. The molecule has 1 amide bonds. The first-order valence-electron chi connectivity index (χ1n) is 9.22. The summed E-state index contributed by atoms with van der Waals surface area (Å²) in [6, 6.07) is 5.24. The summed E-state index contributed by atoms with van der Waals surface area (Å²) in [7, 11) is -2.39. The van der Waals surface area contributed by atoms with E-state index in [-0.39, 0.29) is 33.9 Å². The van der Waals surface area contributed by atoms with Gasteiger partial charge in [0, 0.05) is 18.7 Å². The molecule has 1 fully saturated rings. The quantitative estimate of drug-likeness (QED) is 0.493. The van der Waals surface area contributed by atoms with Gasteiger partial charge in [-0.2, -0.15) is 0 Å². The predicted molar refractivity (Wildman–Crippen MR) is 109 cm³/mol. The summed E-state index contributed by atoms with van der Waals surface area (Å²) in [4.78, 5) is 36.3. The van der Waals surface area contributed by atoms with Crippen molar-refractivity contribution in [3.8, 4) is 0 Å². The fourth-order valence-corrected chi connectivity index (χ4v) is 4.68. The minimum atomic E-state index is -3.84. The number of hydrogen-bond acceptors (Lipinski definition) is 7. The second-order valence-electron chi connectivity index (χ2n) is 7.69. The van der Waals surface area contributed by atoms with E-state index in [1.165, 1.54) is 35.9 Å². The molecule has 1 aromatic carbocycles. The van der Waals surface area contributed by atoms with E-state index in [4.69, 9.17) is 9.63 Å². The van der Waals surface area contributed by atoms with Gasteiger partial charge in [-0.05, 0) is 38.0 Å². The molecule has 0 bridgehead atoms. The Hall–Kier alpha value is -3.45. The molecule has 3 N–H and O–H groups in total. The zero-order valence-electron chi connectivity index (χ0n) is 16.6. The maximum atomic E-state index is 13.0. The normalized spacial score (nSPS) is 15.2. The topological polar surface area (TPSA) is 166 Å². The Morgan fingerprint density at radius 1 is 1.29 bits per heavy atom. The summed E-state index contributed by atoms with van der Waals surface area (Å²) in [5.74, 6) is -0.0319. The Kier molecular flexibility index (Phi) is 4.74. The minimum absolute atomic E-state index is 0.0364.